The summed E-state index contributed by atoms with van der Waals surface area (Å²) < 4.78 is 5.31. The minimum absolute atomic E-state index is 0.0156. The van der Waals surface area contributed by atoms with Crippen molar-refractivity contribution in [2.24, 2.45) is 0 Å². The fraction of sp³-hybridized carbons (Fsp3) is 0.381. The third-order valence-corrected chi connectivity index (χ3v) is 4.98. The first-order valence-corrected chi connectivity index (χ1v) is 9.79. The van der Waals surface area contributed by atoms with Crippen molar-refractivity contribution in [1.29, 1.82) is 0 Å². The highest BCUT2D eigenvalue weighted by molar-refractivity contribution is 8.18. The summed E-state index contributed by atoms with van der Waals surface area (Å²) in [4.78, 5) is 40.4. The maximum Gasteiger partial charge on any atom is 0.294 e. The van der Waals surface area contributed by atoms with Crippen LogP contribution in [-0.2, 0) is 9.59 Å². The number of rotatable bonds is 7. The van der Waals surface area contributed by atoms with E-state index in [9.17, 15) is 14.4 Å². The van der Waals surface area contributed by atoms with Gasteiger partial charge in [0.15, 0.2) is 0 Å². The topological polar surface area (TPSA) is 66.9 Å². The molecule has 0 N–H and O–H groups in total. The van der Waals surface area contributed by atoms with Crippen molar-refractivity contribution in [3.05, 3.63) is 34.7 Å². The highest BCUT2D eigenvalue weighted by Crippen LogP contribution is 2.32. The summed E-state index contributed by atoms with van der Waals surface area (Å²) in [5.41, 5.74) is 0.746. The lowest BCUT2D eigenvalue weighted by atomic mass is 10.2. The van der Waals surface area contributed by atoms with Gasteiger partial charge >= 0.3 is 0 Å². The van der Waals surface area contributed by atoms with Gasteiger partial charge < -0.3 is 9.64 Å². The molecule has 1 heterocycles. The van der Waals surface area contributed by atoms with E-state index in [1.54, 1.807) is 35.2 Å². The average Bonchev–Trinajstić information content (AvgIpc) is 2.88. The first-order chi connectivity index (χ1) is 13.2. The van der Waals surface area contributed by atoms with Gasteiger partial charge in [-0.05, 0) is 63.2 Å². The van der Waals surface area contributed by atoms with E-state index in [-0.39, 0.29) is 36.0 Å². The first kappa shape index (κ1) is 21.6. The van der Waals surface area contributed by atoms with Gasteiger partial charge in [-0.3, -0.25) is 19.3 Å². The Balaban J connectivity index is 2.11. The number of nitrogens with zero attached hydrogens (tertiary/aromatic N) is 2. The van der Waals surface area contributed by atoms with Crippen LogP contribution in [0.3, 0.4) is 0 Å². The molecule has 6 nitrogen and oxygen atoms in total. The normalized spacial score (nSPS) is 15.5. The van der Waals surface area contributed by atoms with Gasteiger partial charge in [-0.1, -0.05) is 18.1 Å². The van der Waals surface area contributed by atoms with Crippen LogP contribution in [0.2, 0.25) is 0 Å². The molecule has 0 unspecified atom stereocenters. The van der Waals surface area contributed by atoms with Gasteiger partial charge in [-0.2, -0.15) is 0 Å². The number of amides is 3. The van der Waals surface area contributed by atoms with Crippen molar-refractivity contribution in [2.75, 3.05) is 13.2 Å². The minimum atomic E-state index is -0.455. The zero-order valence-electron chi connectivity index (χ0n) is 16.5. The quantitative estimate of drug-likeness (QED) is 0.519. The maximum atomic E-state index is 12.6. The summed E-state index contributed by atoms with van der Waals surface area (Å²) in [6, 6.07) is 6.98. The summed E-state index contributed by atoms with van der Waals surface area (Å²) in [5, 5.41) is -0.439. The van der Waals surface area contributed by atoms with Crippen LogP contribution in [0.1, 0.15) is 33.3 Å². The average molecular weight is 401 g/mol. The SMILES string of the molecule is C#CCOc1ccc(/C=C2\SC(=O)N(CC(=O)N(C(C)C)C(C)C)C2=O)cc1. The largest absolute Gasteiger partial charge is 0.481 e. The third kappa shape index (κ3) is 5.17. The number of carbonyl (C=O) groups is 3. The lowest BCUT2D eigenvalue weighted by molar-refractivity contribution is -0.138. The van der Waals surface area contributed by atoms with Crippen molar-refractivity contribution in [3.63, 3.8) is 0 Å². The van der Waals surface area contributed by atoms with E-state index in [1.165, 1.54) is 0 Å². The highest BCUT2D eigenvalue weighted by atomic mass is 32.2. The monoisotopic (exact) mass is 400 g/mol. The molecule has 1 aromatic rings. The second-order valence-corrected chi connectivity index (χ2v) is 7.81. The molecule has 0 aliphatic carbocycles. The fourth-order valence-corrected chi connectivity index (χ4v) is 3.80. The van der Waals surface area contributed by atoms with Gasteiger partial charge in [0.1, 0.15) is 18.9 Å². The van der Waals surface area contributed by atoms with E-state index in [1.807, 2.05) is 27.7 Å². The van der Waals surface area contributed by atoms with Crippen molar-refractivity contribution in [2.45, 2.75) is 39.8 Å². The molecule has 0 saturated carbocycles. The number of thioether (sulfide) groups is 1. The fourth-order valence-electron chi connectivity index (χ4n) is 2.96. The molecule has 1 aliphatic heterocycles. The van der Waals surface area contributed by atoms with Crippen LogP contribution in [0.5, 0.6) is 5.75 Å². The molecule has 7 heteroatoms. The molecule has 1 aromatic carbocycles. The third-order valence-electron chi connectivity index (χ3n) is 4.07. The van der Waals surface area contributed by atoms with Crippen LogP contribution >= 0.6 is 11.8 Å². The standard InChI is InChI=1S/C21H24N2O4S/c1-6-11-27-17-9-7-16(8-10-17)12-18-20(25)22(21(26)28-18)13-19(24)23(14(2)3)15(4)5/h1,7-10,12,14-15H,11,13H2,2-5H3/b18-12-. The van der Waals surface area contributed by atoms with Gasteiger partial charge in [0.05, 0.1) is 4.91 Å². The van der Waals surface area contributed by atoms with E-state index in [4.69, 9.17) is 11.2 Å². The first-order valence-electron chi connectivity index (χ1n) is 8.97. The Morgan fingerprint density at radius 3 is 2.36 bits per heavy atom. The summed E-state index contributed by atoms with van der Waals surface area (Å²) >= 11 is 0.835. The van der Waals surface area contributed by atoms with Crippen LogP contribution < -0.4 is 4.74 Å². The van der Waals surface area contributed by atoms with Gasteiger partial charge in [0.25, 0.3) is 11.1 Å². The molecule has 148 valence electrons. The molecule has 1 saturated heterocycles. The molecule has 3 amide bonds. The molecule has 28 heavy (non-hydrogen) atoms. The van der Waals surface area contributed by atoms with E-state index in [0.29, 0.717) is 5.75 Å². The van der Waals surface area contributed by atoms with Crippen molar-refractivity contribution in [3.8, 4) is 18.1 Å². The predicted octanol–water partition coefficient (Wildman–Crippen LogP) is 3.38. The molecule has 2 rings (SSSR count). The number of hydrogen-bond donors (Lipinski definition) is 0. The van der Waals surface area contributed by atoms with Crippen molar-refractivity contribution in [1.82, 2.24) is 9.80 Å². The Bertz CT molecular complexity index is 814. The maximum absolute atomic E-state index is 12.6. The number of carbonyl (C=O) groups excluding carboxylic acids is 3. The Kier molecular flexibility index (Phi) is 7.30. The molecule has 0 atom stereocenters. The van der Waals surface area contributed by atoms with Crippen LogP contribution in [0.15, 0.2) is 29.2 Å². The molecule has 0 aromatic heterocycles. The zero-order chi connectivity index (χ0) is 20.8. The van der Waals surface area contributed by atoms with Crippen molar-refractivity contribution < 1.29 is 19.1 Å². The molecule has 1 fully saturated rings. The van der Waals surface area contributed by atoms with E-state index < -0.39 is 11.1 Å². The highest BCUT2D eigenvalue weighted by Gasteiger charge is 2.37. The van der Waals surface area contributed by atoms with Gasteiger partial charge in [0, 0.05) is 12.1 Å². The second-order valence-electron chi connectivity index (χ2n) is 6.82. The van der Waals surface area contributed by atoms with Crippen molar-refractivity contribution >= 4 is 34.9 Å². The Labute approximate surface area is 169 Å². The molecule has 1 aliphatic rings. The van der Waals surface area contributed by atoms with Gasteiger partial charge in [-0.15, -0.1) is 6.42 Å². The molecule has 0 radical (unpaired) electrons. The van der Waals surface area contributed by atoms with E-state index >= 15 is 0 Å². The summed E-state index contributed by atoms with van der Waals surface area (Å²) in [5.74, 6) is 2.31. The predicted molar refractivity (Wildman–Crippen MR) is 111 cm³/mol. The summed E-state index contributed by atoms with van der Waals surface area (Å²) in [6.07, 6.45) is 6.78. The zero-order valence-corrected chi connectivity index (χ0v) is 17.3. The van der Waals surface area contributed by atoms with Crippen LogP contribution in [0.4, 0.5) is 4.79 Å². The number of imide groups is 1. The van der Waals surface area contributed by atoms with Crippen LogP contribution in [0, 0.1) is 12.3 Å². The Morgan fingerprint density at radius 1 is 1.21 bits per heavy atom. The number of hydrogen-bond acceptors (Lipinski definition) is 5. The van der Waals surface area contributed by atoms with E-state index in [2.05, 4.69) is 5.92 Å². The van der Waals surface area contributed by atoms with Gasteiger partial charge in [0.2, 0.25) is 5.91 Å². The van der Waals surface area contributed by atoms with Crippen LogP contribution in [0.25, 0.3) is 6.08 Å². The summed E-state index contributed by atoms with van der Waals surface area (Å²) in [7, 11) is 0. The molecular weight excluding hydrogens is 376 g/mol. The number of benzene rings is 1. The molecule has 0 bridgehead atoms. The molecular formula is C21H24N2O4S. The van der Waals surface area contributed by atoms with Gasteiger partial charge in [-0.25, -0.2) is 0 Å². The lowest BCUT2D eigenvalue weighted by Gasteiger charge is -2.31. The molecule has 0 spiro atoms. The smallest absolute Gasteiger partial charge is 0.294 e. The lowest BCUT2D eigenvalue weighted by Crippen LogP contribution is -2.48. The number of ether oxygens (including phenoxy) is 1. The minimum Gasteiger partial charge on any atom is -0.481 e. The second kappa shape index (κ2) is 9.47. The van der Waals surface area contributed by atoms with E-state index in [0.717, 1.165) is 22.2 Å². The Morgan fingerprint density at radius 2 is 1.82 bits per heavy atom. The van der Waals surface area contributed by atoms with Crippen LogP contribution in [-0.4, -0.2) is 52.1 Å². The summed E-state index contributed by atoms with van der Waals surface area (Å²) in [6.45, 7) is 7.55. The number of terminal acetylenes is 1. The Hall–Kier alpha value is -2.72.